The molecule has 3 aromatic rings. The molecule has 3 atom stereocenters. The number of H-pyrrole nitrogens is 1. The largest absolute Gasteiger partial charge is 0.480 e. The number of hydrogen-bond donors (Lipinski definition) is 2. The van der Waals surface area contributed by atoms with Crippen molar-refractivity contribution >= 4 is 16.9 Å². The first kappa shape index (κ1) is 23.1. The SMILES string of the molecule is CN(C)C1(c2ccccc2)CCC2(OCCc3c2[nH]c2ccccc32)C(CCOCC(=O)O)C1. The lowest BCUT2D eigenvalue weighted by Gasteiger charge is -2.55. The molecule has 1 aliphatic heterocycles. The van der Waals surface area contributed by atoms with Crippen LogP contribution in [0.3, 0.4) is 0 Å². The number of para-hydroxylation sites is 1. The lowest BCUT2D eigenvalue weighted by Crippen LogP contribution is -2.55. The highest BCUT2D eigenvalue weighted by Gasteiger charge is 2.54. The quantitative estimate of drug-likeness (QED) is 0.499. The number of rotatable bonds is 7. The lowest BCUT2D eigenvalue weighted by atomic mass is 9.61. The highest BCUT2D eigenvalue weighted by molar-refractivity contribution is 5.85. The molecule has 2 aliphatic rings. The molecule has 1 fully saturated rings. The van der Waals surface area contributed by atoms with E-state index in [2.05, 4.69) is 78.6 Å². The van der Waals surface area contributed by atoms with Crippen molar-refractivity contribution in [1.82, 2.24) is 9.88 Å². The van der Waals surface area contributed by atoms with Crippen LogP contribution in [0.4, 0.5) is 0 Å². The molecule has 0 radical (unpaired) electrons. The minimum atomic E-state index is -0.933. The second-order valence-electron chi connectivity index (χ2n) is 9.94. The third kappa shape index (κ3) is 3.84. The van der Waals surface area contributed by atoms with Crippen LogP contribution in [0, 0.1) is 5.92 Å². The summed E-state index contributed by atoms with van der Waals surface area (Å²) in [6.45, 7) is 0.827. The van der Waals surface area contributed by atoms with Crippen molar-refractivity contribution in [2.45, 2.75) is 43.2 Å². The number of aromatic nitrogens is 1. The maximum atomic E-state index is 11.0. The van der Waals surface area contributed by atoms with E-state index in [9.17, 15) is 4.79 Å². The van der Waals surface area contributed by atoms with E-state index < -0.39 is 11.6 Å². The van der Waals surface area contributed by atoms with Gasteiger partial charge in [-0.2, -0.15) is 0 Å². The first-order valence-electron chi connectivity index (χ1n) is 12.2. The minimum Gasteiger partial charge on any atom is -0.480 e. The van der Waals surface area contributed by atoms with E-state index in [1.807, 2.05) is 0 Å². The van der Waals surface area contributed by atoms with Crippen molar-refractivity contribution in [2.75, 3.05) is 33.9 Å². The van der Waals surface area contributed by atoms with Gasteiger partial charge >= 0.3 is 5.97 Å². The van der Waals surface area contributed by atoms with Gasteiger partial charge in [0.05, 0.1) is 12.3 Å². The van der Waals surface area contributed by atoms with Gasteiger partial charge in [-0.15, -0.1) is 0 Å². The van der Waals surface area contributed by atoms with E-state index >= 15 is 0 Å². The number of hydrogen-bond acceptors (Lipinski definition) is 4. The molecule has 0 amide bonds. The number of nitrogens with one attached hydrogen (secondary N) is 1. The van der Waals surface area contributed by atoms with Gasteiger partial charge in [0.15, 0.2) is 0 Å². The van der Waals surface area contributed by atoms with E-state index in [4.69, 9.17) is 14.6 Å². The van der Waals surface area contributed by atoms with Crippen LogP contribution in [-0.4, -0.2) is 54.9 Å². The summed E-state index contributed by atoms with van der Waals surface area (Å²) in [5.41, 5.74) is 4.52. The molecular weight excluding hydrogens is 428 g/mol. The third-order valence-corrected chi connectivity index (χ3v) is 8.11. The smallest absolute Gasteiger partial charge is 0.329 e. The maximum Gasteiger partial charge on any atom is 0.329 e. The summed E-state index contributed by atoms with van der Waals surface area (Å²) in [4.78, 5) is 17.1. The zero-order valence-corrected chi connectivity index (χ0v) is 20.0. The Morgan fingerprint density at radius 3 is 2.68 bits per heavy atom. The number of benzene rings is 2. The average molecular weight is 463 g/mol. The molecule has 1 aliphatic carbocycles. The van der Waals surface area contributed by atoms with Gasteiger partial charge in [0.25, 0.3) is 0 Å². The van der Waals surface area contributed by atoms with Gasteiger partial charge < -0.3 is 19.6 Å². The van der Waals surface area contributed by atoms with E-state index in [1.54, 1.807) is 0 Å². The zero-order valence-electron chi connectivity index (χ0n) is 20.0. The van der Waals surface area contributed by atoms with Crippen molar-refractivity contribution in [3.8, 4) is 0 Å². The fourth-order valence-corrected chi connectivity index (χ4v) is 6.41. The van der Waals surface area contributed by atoms with Crippen LogP contribution in [0.1, 0.15) is 42.5 Å². The van der Waals surface area contributed by atoms with Gasteiger partial charge in [-0.3, -0.25) is 4.90 Å². The fraction of sp³-hybridized carbons (Fsp3) is 0.464. The maximum absolute atomic E-state index is 11.0. The fourth-order valence-electron chi connectivity index (χ4n) is 6.41. The second kappa shape index (κ2) is 9.17. The molecule has 2 heterocycles. The number of carboxylic acid groups (broad SMARTS) is 1. The van der Waals surface area contributed by atoms with Crippen molar-refractivity contribution in [2.24, 2.45) is 5.92 Å². The molecule has 2 aromatic carbocycles. The molecule has 2 N–H and O–H groups in total. The predicted octanol–water partition coefficient (Wildman–Crippen LogP) is 4.68. The van der Waals surface area contributed by atoms with Crippen molar-refractivity contribution in [1.29, 1.82) is 0 Å². The van der Waals surface area contributed by atoms with E-state index in [0.717, 1.165) is 37.6 Å². The van der Waals surface area contributed by atoms with Gasteiger partial charge in [-0.05, 0) is 69.3 Å². The summed E-state index contributed by atoms with van der Waals surface area (Å²) in [5.74, 6) is -0.762. The molecule has 1 aromatic heterocycles. The molecule has 1 spiro atoms. The van der Waals surface area contributed by atoms with Crippen molar-refractivity contribution in [3.05, 3.63) is 71.4 Å². The Hall–Kier alpha value is -2.67. The van der Waals surface area contributed by atoms with Crippen LogP contribution in [0.5, 0.6) is 0 Å². The Morgan fingerprint density at radius 1 is 1.15 bits per heavy atom. The van der Waals surface area contributed by atoms with E-state index in [-0.39, 0.29) is 18.1 Å². The topological polar surface area (TPSA) is 74.8 Å². The number of nitrogens with zero attached hydrogens (tertiary/aromatic N) is 1. The molecular formula is C28H34N2O4. The van der Waals surface area contributed by atoms with E-state index in [1.165, 1.54) is 22.2 Å². The van der Waals surface area contributed by atoms with Crippen LogP contribution in [0.2, 0.25) is 0 Å². The Kier molecular flexibility index (Phi) is 6.23. The van der Waals surface area contributed by atoms with Crippen LogP contribution in [0.25, 0.3) is 10.9 Å². The molecule has 6 heteroatoms. The third-order valence-electron chi connectivity index (χ3n) is 8.11. The van der Waals surface area contributed by atoms with E-state index in [0.29, 0.717) is 13.2 Å². The second-order valence-corrected chi connectivity index (χ2v) is 9.94. The molecule has 180 valence electrons. The minimum absolute atomic E-state index is 0.114. The highest BCUT2D eigenvalue weighted by Crippen LogP contribution is 2.56. The van der Waals surface area contributed by atoms with Gasteiger partial charge in [-0.25, -0.2) is 4.79 Å². The lowest BCUT2D eigenvalue weighted by molar-refractivity contribution is -0.159. The number of carbonyl (C=O) groups is 1. The number of fused-ring (bicyclic) bond motifs is 4. The van der Waals surface area contributed by atoms with Crippen LogP contribution in [0.15, 0.2) is 54.6 Å². The summed E-state index contributed by atoms with van der Waals surface area (Å²) in [6, 6.07) is 19.3. The van der Waals surface area contributed by atoms with Crippen LogP contribution >= 0.6 is 0 Å². The molecule has 3 unspecified atom stereocenters. The number of aromatic amines is 1. The highest BCUT2D eigenvalue weighted by atomic mass is 16.5. The van der Waals surface area contributed by atoms with Gasteiger partial charge in [0, 0.05) is 23.0 Å². The van der Waals surface area contributed by atoms with Crippen molar-refractivity contribution < 1.29 is 19.4 Å². The van der Waals surface area contributed by atoms with Crippen molar-refractivity contribution in [3.63, 3.8) is 0 Å². The Labute approximate surface area is 200 Å². The van der Waals surface area contributed by atoms with Gasteiger partial charge in [0.2, 0.25) is 0 Å². The summed E-state index contributed by atoms with van der Waals surface area (Å²) in [6.07, 6.45) is 4.43. The zero-order chi connectivity index (χ0) is 23.8. The number of aliphatic carboxylic acids is 1. The Morgan fingerprint density at radius 2 is 1.91 bits per heavy atom. The molecule has 0 saturated heterocycles. The molecule has 34 heavy (non-hydrogen) atoms. The number of carboxylic acids is 1. The standard InChI is InChI=1S/C28H34N2O4/c1-30(2)27(20-8-4-3-5-9-20)14-15-28(21(18-27)12-16-33-19-25(31)32)26-23(13-17-34-28)22-10-6-7-11-24(22)29-26/h3-11,21,29H,12-19H2,1-2H3,(H,31,32). The monoisotopic (exact) mass is 462 g/mol. The van der Waals surface area contributed by atoms with Crippen LogP contribution in [-0.2, 0) is 31.8 Å². The Bertz CT molecular complexity index is 1160. The summed E-state index contributed by atoms with van der Waals surface area (Å²) < 4.78 is 12.3. The normalized spacial score (nSPS) is 26.7. The molecule has 5 rings (SSSR count). The first-order chi connectivity index (χ1) is 16.5. The van der Waals surface area contributed by atoms with Gasteiger partial charge in [0.1, 0.15) is 12.2 Å². The van der Waals surface area contributed by atoms with Crippen LogP contribution < -0.4 is 0 Å². The molecule has 1 saturated carbocycles. The Balaban J connectivity index is 1.56. The predicted molar refractivity (Wildman–Crippen MR) is 132 cm³/mol. The average Bonchev–Trinajstić information content (AvgIpc) is 3.23. The first-order valence-corrected chi connectivity index (χ1v) is 12.2. The molecule has 6 nitrogen and oxygen atoms in total. The summed E-state index contributed by atoms with van der Waals surface area (Å²) in [5, 5.41) is 10.3. The molecule has 0 bridgehead atoms. The number of ether oxygens (including phenoxy) is 2. The van der Waals surface area contributed by atoms with Gasteiger partial charge in [-0.1, -0.05) is 48.5 Å². The summed E-state index contributed by atoms with van der Waals surface area (Å²) in [7, 11) is 4.33. The summed E-state index contributed by atoms with van der Waals surface area (Å²) >= 11 is 0.